The average molecular weight is 347 g/mol. The van der Waals surface area contributed by atoms with Crippen molar-refractivity contribution in [3.05, 3.63) is 48.5 Å². The fourth-order valence-electron chi connectivity index (χ4n) is 1.83. The highest BCUT2D eigenvalue weighted by Gasteiger charge is 2.31. The third kappa shape index (κ3) is 4.23. The van der Waals surface area contributed by atoms with Gasteiger partial charge in [0, 0.05) is 0 Å². The number of oxazole rings is 1. The Morgan fingerprint density at radius 3 is 2.48 bits per heavy atom. The van der Waals surface area contributed by atoms with Crippen molar-refractivity contribution in [1.29, 1.82) is 5.26 Å². The summed E-state index contributed by atoms with van der Waals surface area (Å²) in [7, 11) is 0. The van der Waals surface area contributed by atoms with Crippen molar-refractivity contribution < 1.29 is 22.3 Å². The molecule has 0 aliphatic heterocycles. The molecule has 0 saturated carbocycles. The van der Waals surface area contributed by atoms with Gasteiger partial charge in [-0.3, -0.25) is 0 Å². The van der Waals surface area contributed by atoms with Crippen molar-refractivity contribution in [3.63, 3.8) is 0 Å². The molecule has 0 unspecified atom stereocenters. The van der Waals surface area contributed by atoms with E-state index >= 15 is 0 Å². The normalized spacial score (nSPS) is 11.0. The van der Waals surface area contributed by atoms with Gasteiger partial charge < -0.3 is 14.5 Å². The van der Waals surface area contributed by atoms with Crippen LogP contribution in [-0.4, -0.2) is 21.3 Å². The lowest BCUT2D eigenvalue weighted by Crippen LogP contribution is -2.17. The van der Waals surface area contributed by atoms with Gasteiger partial charge in [0.05, 0.1) is 24.3 Å². The first-order chi connectivity index (χ1) is 11.9. The predicted octanol–water partition coefficient (Wildman–Crippen LogP) is 3.65. The summed E-state index contributed by atoms with van der Waals surface area (Å²) in [5.41, 5.74) is 1.10. The van der Waals surface area contributed by atoms with E-state index in [9.17, 15) is 13.2 Å². The highest BCUT2D eigenvalue weighted by molar-refractivity contribution is 5.56. The van der Waals surface area contributed by atoms with Gasteiger partial charge in [-0.25, -0.2) is 15.0 Å². The quantitative estimate of drug-likeness (QED) is 0.769. The van der Waals surface area contributed by atoms with Gasteiger partial charge in [0.1, 0.15) is 23.2 Å². The first-order valence-electron chi connectivity index (χ1n) is 6.74. The third-order valence-corrected chi connectivity index (χ3v) is 2.86. The van der Waals surface area contributed by atoms with Gasteiger partial charge in [0.25, 0.3) is 6.01 Å². The Hall–Kier alpha value is -3.61. The summed E-state index contributed by atoms with van der Waals surface area (Å²) in [6.07, 6.45) is -1.04. The molecule has 25 heavy (non-hydrogen) atoms. The molecule has 1 N–H and O–H groups in total. The van der Waals surface area contributed by atoms with E-state index in [1.165, 1.54) is 24.5 Å². The molecule has 0 radical (unpaired) electrons. The van der Waals surface area contributed by atoms with E-state index in [4.69, 9.17) is 9.68 Å². The molecule has 7 nitrogen and oxygen atoms in total. The number of aromatic nitrogens is 3. The molecule has 0 fully saturated rings. The van der Waals surface area contributed by atoms with Crippen LogP contribution in [0.25, 0.3) is 11.5 Å². The van der Waals surface area contributed by atoms with Crippen LogP contribution in [0.1, 0.15) is 5.69 Å². The Kier molecular flexibility index (Phi) is 4.21. The first kappa shape index (κ1) is 16.3. The number of rotatable bonds is 4. The third-order valence-electron chi connectivity index (χ3n) is 2.86. The second-order valence-corrected chi connectivity index (χ2v) is 4.63. The fourth-order valence-corrected chi connectivity index (χ4v) is 1.83. The van der Waals surface area contributed by atoms with Crippen LogP contribution in [0.3, 0.4) is 0 Å². The summed E-state index contributed by atoms with van der Waals surface area (Å²) in [6, 6.07) is 7.61. The number of hydrogen-bond acceptors (Lipinski definition) is 7. The van der Waals surface area contributed by atoms with E-state index in [1.54, 1.807) is 6.07 Å². The largest absolute Gasteiger partial charge is 0.573 e. The zero-order chi connectivity index (χ0) is 17.9. The number of halogens is 3. The van der Waals surface area contributed by atoms with Crippen LogP contribution < -0.4 is 10.1 Å². The van der Waals surface area contributed by atoms with Crippen LogP contribution >= 0.6 is 0 Å². The monoisotopic (exact) mass is 347 g/mol. The minimum atomic E-state index is -4.78. The van der Waals surface area contributed by atoms with Gasteiger partial charge >= 0.3 is 6.36 Å². The predicted molar refractivity (Wildman–Crippen MR) is 78.7 cm³/mol. The average Bonchev–Trinajstić information content (AvgIpc) is 3.03. The lowest BCUT2D eigenvalue weighted by atomic mass is 10.3. The molecule has 3 rings (SSSR count). The SMILES string of the molecule is N#Cc1ccc(Nc2ncc(-c3ccc(OC(F)(F)F)cn3)o2)cn1. The van der Waals surface area contributed by atoms with Crippen molar-refractivity contribution in [3.8, 4) is 23.3 Å². The number of anilines is 2. The molecule has 0 aromatic carbocycles. The number of ether oxygens (including phenoxy) is 1. The summed E-state index contributed by atoms with van der Waals surface area (Å²) in [5, 5.41) is 11.5. The second-order valence-electron chi connectivity index (χ2n) is 4.63. The van der Waals surface area contributed by atoms with Crippen molar-refractivity contribution in [2.24, 2.45) is 0 Å². The summed E-state index contributed by atoms with van der Waals surface area (Å²) in [4.78, 5) is 11.7. The van der Waals surface area contributed by atoms with Crippen LogP contribution in [0.15, 0.2) is 47.3 Å². The van der Waals surface area contributed by atoms with Gasteiger partial charge in [0.2, 0.25) is 0 Å². The van der Waals surface area contributed by atoms with Gasteiger partial charge in [-0.2, -0.15) is 5.26 Å². The van der Waals surface area contributed by atoms with Crippen molar-refractivity contribution in [1.82, 2.24) is 15.0 Å². The van der Waals surface area contributed by atoms with E-state index in [0.29, 0.717) is 5.69 Å². The number of nitriles is 1. The standard InChI is InChI=1S/C15H8F3N5O2/c16-15(17,18)25-11-3-4-12(21-7-11)13-8-22-14(24-13)23-10-2-1-9(5-19)20-6-10/h1-4,6-8H,(H,22,23). The minimum absolute atomic E-state index is 0.138. The molecule has 10 heteroatoms. The second kappa shape index (κ2) is 6.48. The zero-order valence-electron chi connectivity index (χ0n) is 12.3. The Bertz CT molecular complexity index is 899. The van der Waals surface area contributed by atoms with Gasteiger partial charge in [0.15, 0.2) is 5.76 Å². The summed E-state index contributed by atoms with van der Waals surface area (Å²) in [6.45, 7) is 0. The Morgan fingerprint density at radius 1 is 1.04 bits per heavy atom. The summed E-state index contributed by atoms with van der Waals surface area (Å²) in [5.74, 6) is -0.180. The Labute approximate surface area is 138 Å². The number of nitrogens with one attached hydrogen (secondary N) is 1. The Balaban J connectivity index is 1.71. The molecule has 0 aliphatic carbocycles. The van der Waals surface area contributed by atoms with E-state index in [-0.39, 0.29) is 23.2 Å². The van der Waals surface area contributed by atoms with E-state index < -0.39 is 12.1 Å². The van der Waals surface area contributed by atoms with E-state index in [0.717, 1.165) is 12.3 Å². The summed E-state index contributed by atoms with van der Waals surface area (Å²) < 4.78 is 45.5. The Morgan fingerprint density at radius 2 is 1.88 bits per heavy atom. The van der Waals surface area contributed by atoms with Gasteiger partial charge in [-0.1, -0.05) is 0 Å². The van der Waals surface area contributed by atoms with Crippen molar-refractivity contribution in [2.45, 2.75) is 6.36 Å². The van der Waals surface area contributed by atoms with Gasteiger partial charge in [-0.05, 0) is 24.3 Å². The minimum Gasteiger partial charge on any atom is -0.422 e. The van der Waals surface area contributed by atoms with Gasteiger partial charge in [-0.15, -0.1) is 13.2 Å². The fraction of sp³-hybridized carbons (Fsp3) is 0.0667. The maximum Gasteiger partial charge on any atom is 0.573 e. The molecular weight excluding hydrogens is 339 g/mol. The molecule has 0 bridgehead atoms. The maximum atomic E-state index is 12.1. The lowest BCUT2D eigenvalue weighted by molar-refractivity contribution is -0.274. The number of pyridine rings is 2. The van der Waals surface area contributed by atoms with E-state index in [1.807, 2.05) is 6.07 Å². The number of nitrogens with zero attached hydrogens (tertiary/aromatic N) is 4. The highest BCUT2D eigenvalue weighted by atomic mass is 19.4. The molecule has 0 atom stereocenters. The molecule has 0 amide bonds. The highest BCUT2D eigenvalue weighted by Crippen LogP contribution is 2.26. The molecular formula is C15H8F3N5O2. The molecule has 3 aromatic heterocycles. The van der Waals surface area contributed by atoms with Crippen LogP contribution in [0.5, 0.6) is 5.75 Å². The van der Waals surface area contributed by atoms with Crippen LogP contribution in [0.2, 0.25) is 0 Å². The molecule has 0 aliphatic rings. The van der Waals surface area contributed by atoms with Crippen LogP contribution in [0, 0.1) is 11.3 Å². The smallest absolute Gasteiger partial charge is 0.422 e. The molecule has 3 aromatic rings. The zero-order valence-corrected chi connectivity index (χ0v) is 12.3. The maximum absolute atomic E-state index is 12.1. The number of alkyl halides is 3. The van der Waals surface area contributed by atoms with Crippen molar-refractivity contribution in [2.75, 3.05) is 5.32 Å². The molecule has 0 saturated heterocycles. The lowest BCUT2D eigenvalue weighted by Gasteiger charge is -2.07. The van der Waals surface area contributed by atoms with Crippen molar-refractivity contribution >= 4 is 11.7 Å². The van der Waals surface area contributed by atoms with Crippen LogP contribution in [-0.2, 0) is 0 Å². The summed E-state index contributed by atoms with van der Waals surface area (Å²) >= 11 is 0. The topological polar surface area (TPSA) is 96.9 Å². The number of hydrogen-bond donors (Lipinski definition) is 1. The van der Waals surface area contributed by atoms with Crippen LogP contribution in [0.4, 0.5) is 24.9 Å². The first-order valence-corrected chi connectivity index (χ1v) is 6.74. The van der Waals surface area contributed by atoms with E-state index in [2.05, 4.69) is 25.0 Å². The molecule has 126 valence electrons. The molecule has 0 spiro atoms. The molecule has 3 heterocycles.